The molecule has 1 aliphatic rings. The third kappa shape index (κ3) is 3.41. The smallest absolute Gasteiger partial charge is 0.116 e. The molecule has 1 fully saturated rings. The molecule has 3 rings (SSSR count). The summed E-state index contributed by atoms with van der Waals surface area (Å²) in [4.78, 5) is 2.26. The monoisotopic (exact) mass is 329 g/mol. The van der Waals surface area contributed by atoms with E-state index in [1.807, 2.05) is 12.1 Å². The van der Waals surface area contributed by atoms with Crippen molar-refractivity contribution in [3.8, 4) is 5.75 Å². The van der Waals surface area contributed by atoms with Crippen molar-refractivity contribution >= 4 is 10.8 Å². The number of piperidine rings is 1. The van der Waals surface area contributed by atoms with E-state index in [4.69, 9.17) is 0 Å². The van der Waals surface area contributed by atoms with Gasteiger partial charge < -0.3 is 15.3 Å². The minimum atomic E-state index is -0.478. The van der Waals surface area contributed by atoms with Gasteiger partial charge in [-0.05, 0) is 53.9 Å². The molecule has 0 saturated carbocycles. The van der Waals surface area contributed by atoms with Gasteiger partial charge in [-0.25, -0.2) is 0 Å². The molecule has 24 heavy (non-hydrogen) atoms. The number of nitrogens with zero attached hydrogens (tertiary/aromatic N) is 1. The highest BCUT2D eigenvalue weighted by Gasteiger charge is 2.40. The summed E-state index contributed by atoms with van der Waals surface area (Å²) < 4.78 is 0. The molecule has 0 radical (unpaired) electrons. The molecule has 0 bridgehead atoms. The van der Waals surface area contributed by atoms with E-state index in [0.717, 1.165) is 43.1 Å². The van der Waals surface area contributed by atoms with Gasteiger partial charge in [-0.1, -0.05) is 31.5 Å². The van der Waals surface area contributed by atoms with Gasteiger partial charge in [0.2, 0.25) is 0 Å². The van der Waals surface area contributed by atoms with E-state index < -0.39 is 6.10 Å². The van der Waals surface area contributed by atoms with Crippen molar-refractivity contribution in [3.05, 3.63) is 42.0 Å². The van der Waals surface area contributed by atoms with Crippen LogP contribution in [0.1, 0.15) is 31.7 Å². The molecule has 1 heterocycles. The summed E-state index contributed by atoms with van der Waals surface area (Å²) in [5.41, 5.74) is 0.874. The number of β-amino-alcohol motifs (C(OH)–C–C–N with tert-alkyl or cyclic N) is 1. The van der Waals surface area contributed by atoms with E-state index in [1.54, 1.807) is 12.1 Å². The maximum Gasteiger partial charge on any atom is 0.116 e. The Morgan fingerprint density at radius 1 is 1.17 bits per heavy atom. The SMILES string of the molecule is CCC[C@]1(CO)CCN(Cc2ccc3cc(O)ccc3c2)C[C@H]1O. The number of likely N-dealkylation sites (tertiary alicyclic amines) is 1. The first-order chi connectivity index (χ1) is 11.6. The molecule has 1 aliphatic heterocycles. The number of phenols is 1. The average Bonchev–Trinajstić information content (AvgIpc) is 2.58. The molecule has 2 atom stereocenters. The van der Waals surface area contributed by atoms with Crippen LogP contribution >= 0.6 is 0 Å². The second-order valence-electron chi connectivity index (χ2n) is 7.14. The maximum atomic E-state index is 10.6. The summed E-state index contributed by atoms with van der Waals surface area (Å²) in [6.07, 6.45) is 2.21. The van der Waals surface area contributed by atoms with Crippen molar-refractivity contribution in [2.75, 3.05) is 19.7 Å². The van der Waals surface area contributed by atoms with Crippen LogP contribution in [-0.2, 0) is 6.54 Å². The van der Waals surface area contributed by atoms with Crippen LogP contribution in [-0.4, -0.2) is 46.0 Å². The molecule has 0 unspecified atom stereocenters. The number of aliphatic hydroxyl groups is 2. The maximum absolute atomic E-state index is 10.6. The molecule has 4 heteroatoms. The van der Waals surface area contributed by atoms with Crippen LogP contribution in [0, 0.1) is 5.41 Å². The summed E-state index contributed by atoms with van der Waals surface area (Å²) in [5.74, 6) is 0.283. The molecule has 4 nitrogen and oxygen atoms in total. The minimum Gasteiger partial charge on any atom is -0.508 e. The van der Waals surface area contributed by atoms with Gasteiger partial charge in [0, 0.05) is 18.5 Å². The number of hydrogen-bond acceptors (Lipinski definition) is 4. The Kier molecular flexibility index (Phi) is 5.09. The first kappa shape index (κ1) is 17.2. The number of benzene rings is 2. The van der Waals surface area contributed by atoms with Gasteiger partial charge in [0.05, 0.1) is 12.7 Å². The Morgan fingerprint density at radius 3 is 2.62 bits per heavy atom. The van der Waals surface area contributed by atoms with Gasteiger partial charge in [-0.15, -0.1) is 0 Å². The van der Waals surface area contributed by atoms with Gasteiger partial charge >= 0.3 is 0 Å². The zero-order chi connectivity index (χ0) is 17.2. The third-order valence-electron chi connectivity index (χ3n) is 5.42. The van der Waals surface area contributed by atoms with Crippen LogP contribution in [0.25, 0.3) is 10.8 Å². The van der Waals surface area contributed by atoms with Crippen LogP contribution in [0.2, 0.25) is 0 Å². The lowest BCUT2D eigenvalue weighted by Gasteiger charge is -2.44. The van der Waals surface area contributed by atoms with Crippen LogP contribution in [0.5, 0.6) is 5.75 Å². The lowest BCUT2D eigenvalue weighted by molar-refractivity contribution is -0.0802. The Balaban J connectivity index is 1.70. The van der Waals surface area contributed by atoms with E-state index in [0.29, 0.717) is 6.54 Å². The zero-order valence-corrected chi connectivity index (χ0v) is 14.3. The standard InChI is InChI=1S/C20H27NO3/c1-2-7-20(14-22)8-9-21(13-19(20)24)12-15-3-4-17-11-18(23)6-5-16(17)10-15/h3-6,10-11,19,22-24H,2,7-9,12-14H2,1H3/t19-,20-/m1/s1. The first-order valence-corrected chi connectivity index (χ1v) is 8.79. The Hall–Kier alpha value is -1.62. The number of aromatic hydroxyl groups is 1. The molecule has 2 aromatic rings. The molecule has 0 amide bonds. The summed E-state index contributed by atoms with van der Waals surface area (Å²) in [6.45, 7) is 4.46. The lowest BCUT2D eigenvalue weighted by Crippen LogP contribution is -2.52. The van der Waals surface area contributed by atoms with Gasteiger partial charge in [0.25, 0.3) is 0 Å². The fourth-order valence-electron chi connectivity index (χ4n) is 3.91. The van der Waals surface area contributed by atoms with Crippen molar-refractivity contribution in [2.24, 2.45) is 5.41 Å². The molecule has 2 aromatic carbocycles. The van der Waals surface area contributed by atoms with Gasteiger partial charge in [-0.2, -0.15) is 0 Å². The van der Waals surface area contributed by atoms with Crippen LogP contribution in [0.15, 0.2) is 36.4 Å². The van der Waals surface area contributed by atoms with E-state index in [9.17, 15) is 15.3 Å². The molecule has 0 aromatic heterocycles. The summed E-state index contributed by atoms with van der Waals surface area (Å²) in [6, 6.07) is 11.6. The highest BCUT2D eigenvalue weighted by molar-refractivity contribution is 5.84. The third-order valence-corrected chi connectivity index (χ3v) is 5.42. The predicted molar refractivity (Wildman–Crippen MR) is 95.9 cm³/mol. The second-order valence-corrected chi connectivity index (χ2v) is 7.14. The molecular formula is C20H27NO3. The summed E-state index contributed by atoms with van der Waals surface area (Å²) in [7, 11) is 0. The predicted octanol–water partition coefficient (Wildman–Crippen LogP) is 2.89. The second kappa shape index (κ2) is 7.09. The van der Waals surface area contributed by atoms with Crippen molar-refractivity contribution < 1.29 is 15.3 Å². The lowest BCUT2D eigenvalue weighted by atomic mass is 9.73. The molecular weight excluding hydrogens is 302 g/mol. The normalized spacial score (nSPS) is 25.2. The highest BCUT2D eigenvalue weighted by atomic mass is 16.3. The average molecular weight is 329 g/mol. The van der Waals surface area contributed by atoms with Crippen molar-refractivity contribution in [3.63, 3.8) is 0 Å². The number of fused-ring (bicyclic) bond motifs is 1. The molecule has 1 saturated heterocycles. The summed E-state index contributed by atoms with van der Waals surface area (Å²) in [5, 5.41) is 32.0. The van der Waals surface area contributed by atoms with E-state index >= 15 is 0 Å². The number of hydrogen-bond donors (Lipinski definition) is 3. The summed E-state index contributed by atoms with van der Waals surface area (Å²) >= 11 is 0. The minimum absolute atomic E-state index is 0.0648. The Bertz CT molecular complexity index is 702. The highest BCUT2D eigenvalue weighted by Crippen LogP contribution is 2.36. The molecule has 0 aliphatic carbocycles. The van der Waals surface area contributed by atoms with Crippen LogP contribution < -0.4 is 0 Å². The van der Waals surface area contributed by atoms with Crippen molar-refractivity contribution in [1.29, 1.82) is 0 Å². The van der Waals surface area contributed by atoms with Crippen LogP contribution in [0.3, 0.4) is 0 Å². The van der Waals surface area contributed by atoms with E-state index in [2.05, 4.69) is 24.0 Å². The topological polar surface area (TPSA) is 63.9 Å². The van der Waals surface area contributed by atoms with E-state index in [1.165, 1.54) is 5.56 Å². The van der Waals surface area contributed by atoms with E-state index in [-0.39, 0.29) is 17.8 Å². The Labute approximate surface area is 143 Å². The number of aliphatic hydroxyl groups excluding tert-OH is 2. The fraction of sp³-hybridized carbons (Fsp3) is 0.500. The fourth-order valence-corrected chi connectivity index (χ4v) is 3.91. The Morgan fingerprint density at radius 2 is 1.92 bits per heavy atom. The molecule has 130 valence electrons. The largest absolute Gasteiger partial charge is 0.508 e. The quantitative estimate of drug-likeness (QED) is 0.789. The van der Waals surface area contributed by atoms with Gasteiger partial charge in [0.15, 0.2) is 0 Å². The van der Waals surface area contributed by atoms with Crippen molar-refractivity contribution in [1.82, 2.24) is 4.90 Å². The molecule has 3 N–H and O–H groups in total. The van der Waals surface area contributed by atoms with Crippen LogP contribution in [0.4, 0.5) is 0 Å². The zero-order valence-electron chi connectivity index (χ0n) is 14.3. The number of phenolic OH excluding ortho intramolecular Hbond substituents is 1. The first-order valence-electron chi connectivity index (χ1n) is 8.79. The van der Waals surface area contributed by atoms with Gasteiger partial charge in [0.1, 0.15) is 5.75 Å². The molecule has 0 spiro atoms. The number of rotatable bonds is 5. The van der Waals surface area contributed by atoms with Crippen molar-refractivity contribution in [2.45, 2.75) is 38.8 Å². The van der Waals surface area contributed by atoms with Gasteiger partial charge in [-0.3, -0.25) is 4.90 Å².